The maximum absolute atomic E-state index is 9.23. The summed E-state index contributed by atoms with van der Waals surface area (Å²) in [6, 6.07) is 0. The van der Waals surface area contributed by atoms with Gasteiger partial charge in [-0.3, -0.25) is 0 Å². The third-order valence-corrected chi connectivity index (χ3v) is 3.46. The van der Waals surface area contributed by atoms with Gasteiger partial charge in [0.2, 0.25) is 0 Å². The maximum Gasteiger partial charge on any atom is 0.186 e. The van der Waals surface area contributed by atoms with E-state index in [2.05, 4.69) is 0 Å². The minimum Gasteiger partial charge on any atom is -0.394 e. The second-order valence-corrected chi connectivity index (χ2v) is 4.24. The molecule has 2 saturated heterocycles. The fourth-order valence-electron chi connectivity index (χ4n) is 2.40. The van der Waals surface area contributed by atoms with E-state index in [0.717, 1.165) is 12.8 Å². The molecule has 0 aromatic heterocycles. The van der Waals surface area contributed by atoms with Gasteiger partial charge in [0.25, 0.3) is 0 Å². The minimum absolute atomic E-state index is 0.0755. The van der Waals surface area contributed by atoms with E-state index < -0.39 is 12.1 Å². The molecule has 0 amide bonds. The highest BCUT2D eigenvalue weighted by atomic mass is 16.8. The van der Waals surface area contributed by atoms with Crippen molar-refractivity contribution in [3.63, 3.8) is 0 Å². The van der Waals surface area contributed by atoms with Crippen LogP contribution in [0.15, 0.2) is 0 Å². The van der Waals surface area contributed by atoms with Crippen LogP contribution >= 0.6 is 0 Å². The molecular weight excluding hydrogens is 212 g/mol. The van der Waals surface area contributed by atoms with Crippen LogP contribution in [0.25, 0.3) is 0 Å². The number of rotatable bonds is 4. The summed E-state index contributed by atoms with van der Waals surface area (Å²) < 4.78 is 22.5. The molecule has 2 rings (SSSR count). The Labute approximate surface area is 95.6 Å². The van der Waals surface area contributed by atoms with Crippen LogP contribution in [0.5, 0.6) is 0 Å². The van der Waals surface area contributed by atoms with Crippen LogP contribution in [0.2, 0.25) is 0 Å². The predicted molar refractivity (Wildman–Crippen MR) is 55.8 cm³/mol. The van der Waals surface area contributed by atoms with Gasteiger partial charge in [-0.15, -0.1) is 0 Å². The predicted octanol–water partition coefficient (Wildman–Crippen LogP) is 0.650. The van der Waals surface area contributed by atoms with E-state index in [4.69, 9.17) is 18.9 Å². The van der Waals surface area contributed by atoms with Gasteiger partial charge in [-0.05, 0) is 12.8 Å². The number of aliphatic hydroxyl groups is 1. The average molecular weight is 232 g/mol. The zero-order chi connectivity index (χ0) is 11.8. The second-order valence-electron chi connectivity index (χ2n) is 4.24. The third kappa shape index (κ3) is 1.76. The lowest BCUT2D eigenvalue weighted by Gasteiger charge is -2.28. The normalized spacial score (nSPS) is 41.2. The van der Waals surface area contributed by atoms with Crippen molar-refractivity contribution in [3.05, 3.63) is 0 Å². The van der Waals surface area contributed by atoms with Crippen LogP contribution in [-0.2, 0) is 18.9 Å². The quantitative estimate of drug-likeness (QED) is 0.771. The van der Waals surface area contributed by atoms with Crippen LogP contribution in [0, 0.1) is 0 Å². The van der Waals surface area contributed by atoms with Crippen LogP contribution in [0.4, 0.5) is 0 Å². The first-order chi connectivity index (χ1) is 7.69. The third-order valence-electron chi connectivity index (χ3n) is 3.46. The molecule has 2 aliphatic heterocycles. The van der Waals surface area contributed by atoms with Gasteiger partial charge in [-0.2, -0.15) is 0 Å². The molecule has 94 valence electrons. The lowest BCUT2D eigenvalue weighted by atomic mass is 10.1. The van der Waals surface area contributed by atoms with Gasteiger partial charge in [0, 0.05) is 7.11 Å². The van der Waals surface area contributed by atoms with E-state index in [1.165, 1.54) is 0 Å². The smallest absolute Gasteiger partial charge is 0.186 e. The molecule has 0 aromatic rings. The molecule has 0 saturated carbocycles. The first kappa shape index (κ1) is 12.3. The van der Waals surface area contributed by atoms with Gasteiger partial charge in [0.1, 0.15) is 18.3 Å². The van der Waals surface area contributed by atoms with Crippen LogP contribution in [0.1, 0.15) is 26.7 Å². The standard InChI is InChI=1S/C11H20O5/c1-4-11(5-2)15-8-7(6-12)14-10(13-3)9(8)16-11/h7-10,12H,4-6H2,1-3H3. The number of ether oxygens (including phenoxy) is 4. The summed E-state index contributed by atoms with van der Waals surface area (Å²) in [7, 11) is 1.57. The SMILES string of the molecule is CCC1(CC)OC2C(CO)OC(OC)C2O1. The van der Waals surface area contributed by atoms with Crippen molar-refractivity contribution in [3.8, 4) is 0 Å². The molecule has 2 fully saturated rings. The molecule has 0 aromatic carbocycles. The van der Waals surface area contributed by atoms with Crippen LogP contribution < -0.4 is 0 Å². The highest BCUT2D eigenvalue weighted by molar-refractivity contribution is 4.96. The summed E-state index contributed by atoms with van der Waals surface area (Å²) in [4.78, 5) is 0. The lowest BCUT2D eigenvalue weighted by molar-refractivity contribution is -0.246. The highest BCUT2D eigenvalue weighted by Gasteiger charge is 2.57. The Morgan fingerprint density at radius 2 is 1.81 bits per heavy atom. The van der Waals surface area contributed by atoms with Crippen LogP contribution in [-0.4, -0.2) is 49.2 Å². The number of methoxy groups -OCH3 is 1. The van der Waals surface area contributed by atoms with Gasteiger partial charge in [0.15, 0.2) is 12.1 Å². The largest absolute Gasteiger partial charge is 0.394 e. The van der Waals surface area contributed by atoms with E-state index in [1.807, 2.05) is 13.8 Å². The average Bonchev–Trinajstić information content (AvgIpc) is 2.84. The molecule has 2 aliphatic rings. The van der Waals surface area contributed by atoms with Crippen molar-refractivity contribution in [1.29, 1.82) is 0 Å². The van der Waals surface area contributed by atoms with E-state index in [1.54, 1.807) is 7.11 Å². The minimum atomic E-state index is -0.538. The van der Waals surface area contributed by atoms with Gasteiger partial charge in [0.05, 0.1) is 6.61 Å². The lowest BCUT2D eigenvalue weighted by Crippen LogP contribution is -2.35. The fourth-order valence-corrected chi connectivity index (χ4v) is 2.40. The molecule has 2 heterocycles. The topological polar surface area (TPSA) is 57.2 Å². The fraction of sp³-hybridized carbons (Fsp3) is 1.00. The summed E-state index contributed by atoms with van der Waals surface area (Å²) in [5.41, 5.74) is 0. The van der Waals surface area contributed by atoms with E-state index >= 15 is 0 Å². The molecule has 0 spiro atoms. The molecule has 4 unspecified atom stereocenters. The van der Waals surface area contributed by atoms with Crippen molar-refractivity contribution in [2.24, 2.45) is 0 Å². The molecule has 0 bridgehead atoms. The van der Waals surface area contributed by atoms with Gasteiger partial charge >= 0.3 is 0 Å². The van der Waals surface area contributed by atoms with E-state index in [-0.39, 0.29) is 24.9 Å². The summed E-state index contributed by atoms with van der Waals surface area (Å²) in [5.74, 6) is -0.538. The van der Waals surface area contributed by atoms with Crippen molar-refractivity contribution >= 4 is 0 Å². The molecule has 0 aliphatic carbocycles. The summed E-state index contributed by atoms with van der Waals surface area (Å²) in [6.07, 6.45) is 0.310. The van der Waals surface area contributed by atoms with Crippen molar-refractivity contribution < 1.29 is 24.1 Å². The second kappa shape index (κ2) is 4.58. The molecule has 0 radical (unpaired) electrons. The Morgan fingerprint density at radius 1 is 1.19 bits per heavy atom. The molecule has 1 N–H and O–H groups in total. The molecule has 5 heteroatoms. The number of fused-ring (bicyclic) bond motifs is 1. The first-order valence-electron chi connectivity index (χ1n) is 5.84. The van der Waals surface area contributed by atoms with E-state index in [9.17, 15) is 5.11 Å². The van der Waals surface area contributed by atoms with Gasteiger partial charge in [-0.25, -0.2) is 0 Å². The molecular formula is C11H20O5. The Morgan fingerprint density at radius 3 is 2.31 bits per heavy atom. The monoisotopic (exact) mass is 232 g/mol. The van der Waals surface area contributed by atoms with Crippen molar-refractivity contribution in [2.45, 2.75) is 57.1 Å². The number of hydrogen-bond acceptors (Lipinski definition) is 5. The van der Waals surface area contributed by atoms with Crippen molar-refractivity contribution in [2.75, 3.05) is 13.7 Å². The Kier molecular flexibility index (Phi) is 3.51. The summed E-state index contributed by atoms with van der Waals surface area (Å²) in [5, 5.41) is 9.23. The maximum atomic E-state index is 9.23. The van der Waals surface area contributed by atoms with Crippen molar-refractivity contribution in [1.82, 2.24) is 0 Å². The van der Waals surface area contributed by atoms with Gasteiger partial charge < -0.3 is 24.1 Å². The summed E-state index contributed by atoms with van der Waals surface area (Å²) >= 11 is 0. The number of aliphatic hydroxyl groups excluding tert-OH is 1. The molecule has 4 atom stereocenters. The Bertz CT molecular complexity index is 221. The molecule has 5 nitrogen and oxygen atoms in total. The van der Waals surface area contributed by atoms with E-state index in [0.29, 0.717) is 0 Å². The van der Waals surface area contributed by atoms with Crippen LogP contribution in [0.3, 0.4) is 0 Å². The summed E-state index contributed by atoms with van der Waals surface area (Å²) in [6.45, 7) is 3.98. The zero-order valence-electron chi connectivity index (χ0n) is 10.0. The Balaban J connectivity index is 2.14. The number of hydrogen-bond donors (Lipinski definition) is 1. The Hall–Kier alpha value is -0.200. The highest BCUT2D eigenvalue weighted by Crippen LogP contribution is 2.42. The van der Waals surface area contributed by atoms with Gasteiger partial charge in [-0.1, -0.05) is 13.8 Å². The first-order valence-corrected chi connectivity index (χ1v) is 5.84. The molecule has 16 heavy (non-hydrogen) atoms. The zero-order valence-corrected chi connectivity index (χ0v) is 10.0.